The Kier molecular flexibility index (Phi) is 8.14. The Balaban J connectivity index is 2.46. The lowest BCUT2D eigenvalue weighted by Gasteiger charge is -2.16. The number of ether oxygens (including phenoxy) is 2. The topological polar surface area (TPSA) is 47.6 Å². The van der Waals surface area contributed by atoms with Gasteiger partial charge in [-0.2, -0.15) is 0 Å². The minimum absolute atomic E-state index is 0.154. The van der Waals surface area contributed by atoms with Gasteiger partial charge >= 0.3 is 5.97 Å². The standard InChI is InChI=1S/C15H23NO3S/c1-4-18-13-8-6-12(7-9-13)14(16-3)10-20-11-15(17)19-5-2/h6-9,14,16H,4-5,10-11H2,1-3H3. The average Bonchev–Trinajstić information content (AvgIpc) is 2.45. The lowest BCUT2D eigenvalue weighted by Crippen LogP contribution is -2.19. The molecule has 0 aliphatic carbocycles. The second-order valence-corrected chi connectivity index (χ2v) is 5.19. The molecule has 1 unspecified atom stereocenters. The minimum Gasteiger partial charge on any atom is -0.494 e. The number of hydrogen-bond acceptors (Lipinski definition) is 5. The fourth-order valence-corrected chi connectivity index (χ4v) is 2.73. The van der Waals surface area contributed by atoms with Crippen LogP contribution in [0.5, 0.6) is 5.75 Å². The molecule has 112 valence electrons. The highest BCUT2D eigenvalue weighted by Crippen LogP contribution is 2.21. The second-order valence-electron chi connectivity index (χ2n) is 4.16. The van der Waals surface area contributed by atoms with Crippen LogP contribution in [0.15, 0.2) is 24.3 Å². The first-order valence-electron chi connectivity index (χ1n) is 6.84. The molecule has 0 aliphatic heterocycles. The second kappa shape index (κ2) is 9.66. The molecule has 0 aliphatic rings. The monoisotopic (exact) mass is 297 g/mol. The molecule has 0 heterocycles. The van der Waals surface area contributed by atoms with Gasteiger partial charge < -0.3 is 14.8 Å². The molecule has 0 saturated heterocycles. The number of hydrogen-bond donors (Lipinski definition) is 1. The maximum absolute atomic E-state index is 11.3. The Bertz CT molecular complexity index is 395. The summed E-state index contributed by atoms with van der Waals surface area (Å²) in [5.74, 6) is 1.94. The van der Waals surface area contributed by atoms with Crippen LogP contribution in [0.2, 0.25) is 0 Å². The molecule has 20 heavy (non-hydrogen) atoms. The molecule has 0 aromatic heterocycles. The molecule has 0 spiro atoms. The third kappa shape index (κ3) is 5.84. The Labute approximate surface area is 125 Å². The van der Waals surface area contributed by atoms with Gasteiger partial charge in [-0.05, 0) is 38.6 Å². The largest absolute Gasteiger partial charge is 0.494 e. The summed E-state index contributed by atoms with van der Waals surface area (Å²) < 4.78 is 10.3. The summed E-state index contributed by atoms with van der Waals surface area (Å²) in [6.07, 6.45) is 0. The van der Waals surface area contributed by atoms with E-state index in [4.69, 9.17) is 9.47 Å². The van der Waals surface area contributed by atoms with Crippen molar-refractivity contribution in [2.24, 2.45) is 0 Å². The van der Waals surface area contributed by atoms with E-state index in [2.05, 4.69) is 17.4 Å². The fourth-order valence-electron chi connectivity index (χ4n) is 1.77. The van der Waals surface area contributed by atoms with Gasteiger partial charge in [0.25, 0.3) is 0 Å². The SMILES string of the molecule is CCOC(=O)CSCC(NC)c1ccc(OCC)cc1. The average molecular weight is 297 g/mol. The highest BCUT2D eigenvalue weighted by molar-refractivity contribution is 7.99. The molecule has 5 heteroatoms. The van der Waals surface area contributed by atoms with Crippen molar-refractivity contribution in [3.8, 4) is 5.75 Å². The van der Waals surface area contributed by atoms with Crippen LogP contribution in [0.4, 0.5) is 0 Å². The van der Waals surface area contributed by atoms with Gasteiger partial charge in [-0.15, -0.1) is 11.8 Å². The molecule has 0 saturated carbocycles. The first-order valence-corrected chi connectivity index (χ1v) is 8.00. The lowest BCUT2D eigenvalue weighted by molar-refractivity contribution is -0.139. The van der Waals surface area contributed by atoms with Crippen molar-refractivity contribution in [2.75, 3.05) is 31.8 Å². The number of esters is 1. The highest BCUT2D eigenvalue weighted by atomic mass is 32.2. The molecule has 1 N–H and O–H groups in total. The van der Waals surface area contributed by atoms with Crippen LogP contribution in [0.1, 0.15) is 25.5 Å². The van der Waals surface area contributed by atoms with E-state index in [0.29, 0.717) is 19.0 Å². The van der Waals surface area contributed by atoms with E-state index in [1.807, 2.05) is 33.0 Å². The van der Waals surface area contributed by atoms with Gasteiger partial charge in [0.05, 0.1) is 19.0 Å². The van der Waals surface area contributed by atoms with E-state index in [-0.39, 0.29) is 12.0 Å². The Morgan fingerprint density at radius 3 is 2.50 bits per heavy atom. The first-order chi connectivity index (χ1) is 9.71. The van der Waals surface area contributed by atoms with Gasteiger partial charge in [0.15, 0.2) is 0 Å². The predicted octanol–water partition coefficient (Wildman–Crippen LogP) is 2.64. The zero-order chi connectivity index (χ0) is 14.8. The Hall–Kier alpha value is -1.20. The van der Waals surface area contributed by atoms with Crippen molar-refractivity contribution >= 4 is 17.7 Å². The van der Waals surface area contributed by atoms with E-state index in [9.17, 15) is 4.79 Å². The lowest BCUT2D eigenvalue weighted by atomic mass is 10.1. The van der Waals surface area contributed by atoms with Crippen LogP contribution in [0.3, 0.4) is 0 Å². The Morgan fingerprint density at radius 1 is 1.25 bits per heavy atom. The predicted molar refractivity (Wildman–Crippen MR) is 83.4 cm³/mol. The van der Waals surface area contributed by atoms with Gasteiger partial charge in [0.1, 0.15) is 5.75 Å². The van der Waals surface area contributed by atoms with Gasteiger partial charge in [-0.1, -0.05) is 12.1 Å². The van der Waals surface area contributed by atoms with Gasteiger partial charge in [0.2, 0.25) is 0 Å². The van der Waals surface area contributed by atoms with Gasteiger partial charge in [0, 0.05) is 11.8 Å². The molecule has 1 rings (SSSR count). The maximum Gasteiger partial charge on any atom is 0.315 e. The molecule has 0 radical (unpaired) electrons. The summed E-state index contributed by atoms with van der Waals surface area (Å²) in [4.78, 5) is 11.3. The van der Waals surface area contributed by atoms with Crippen molar-refractivity contribution in [3.05, 3.63) is 29.8 Å². The van der Waals surface area contributed by atoms with Gasteiger partial charge in [-0.25, -0.2) is 0 Å². The van der Waals surface area contributed by atoms with Crippen molar-refractivity contribution in [1.29, 1.82) is 0 Å². The van der Waals surface area contributed by atoms with Crippen LogP contribution in [0, 0.1) is 0 Å². The molecule has 4 nitrogen and oxygen atoms in total. The van der Waals surface area contributed by atoms with E-state index in [0.717, 1.165) is 11.5 Å². The third-order valence-electron chi connectivity index (χ3n) is 2.75. The molecule has 1 aromatic rings. The number of benzene rings is 1. The maximum atomic E-state index is 11.3. The van der Waals surface area contributed by atoms with Crippen molar-refractivity contribution in [1.82, 2.24) is 5.32 Å². The minimum atomic E-state index is -0.154. The number of thioether (sulfide) groups is 1. The van der Waals surface area contributed by atoms with Crippen molar-refractivity contribution in [3.63, 3.8) is 0 Å². The summed E-state index contributed by atoms with van der Waals surface area (Å²) in [5, 5.41) is 3.26. The molecule has 0 fully saturated rings. The van der Waals surface area contributed by atoms with Crippen molar-refractivity contribution < 1.29 is 14.3 Å². The van der Waals surface area contributed by atoms with Crippen LogP contribution in [0.25, 0.3) is 0 Å². The molecule has 0 amide bonds. The van der Waals surface area contributed by atoms with Crippen LogP contribution in [-0.2, 0) is 9.53 Å². The van der Waals surface area contributed by atoms with E-state index in [1.165, 1.54) is 5.56 Å². The highest BCUT2D eigenvalue weighted by Gasteiger charge is 2.11. The third-order valence-corrected chi connectivity index (χ3v) is 3.76. The summed E-state index contributed by atoms with van der Waals surface area (Å²) in [6, 6.07) is 8.26. The number of rotatable bonds is 9. The summed E-state index contributed by atoms with van der Waals surface area (Å²) in [7, 11) is 1.92. The summed E-state index contributed by atoms with van der Waals surface area (Å²) in [6.45, 7) is 4.90. The zero-order valence-electron chi connectivity index (χ0n) is 12.3. The Morgan fingerprint density at radius 2 is 1.95 bits per heavy atom. The molecule has 1 atom stereocenters. The van der Waals surface area contributed by atoms with Gasteiger partial charge in [-0.3, -0.25) is 4.79 Å². The normalized spacial score (nSPS) is 11.9. The molecule has 1 aromatic carbocycles. The fraction of sp³-hybridized carbons (Fsp3) is 0.533. The molecular weight excluding hydrogens is 274 g/mol. The van der Waals surface area contributed by atoms with E-state index < -0.39 is 0 Å². The number of nitrogens with one attached hydrogen (secondary N) is 1. The van der Waals surface area contributed by atoms with Crippen LogP contribution >= 0.6 is 11.8 Å². The number of carbonyl (C=O) groups excluding carboxylic acids is 1. The van der Waals surface area contributed by atoms with E-state index >= 15 is 0 Å². The smallest absolute Gasteiger partial charge is 0.315 e. The van der Waals surface area contributed by atoms with E-state index in [1.54, 1.807) is 11.8 Å². The quantitative estimate of drug-likeness (QED) is 0.710. The molecular formula is C15H23NO3S. The summed E-state index contributed by atoms with van der Waals surface area (Å²) >= 11 is 1.57. The van der Waals surface area contributed by atoms with Crippen LogP contribution in [-0.4, -0.2) is 37.7 Å². The van der Waals surface area contributed by atoms with Crippen LogP contribution < -0.4 is 10.1 Å². The molecule has 0 bridgehead atoms. The summed E-state index contributed by atoms with van der Waals surface area (Å²) in [5.41, 5.74) is 1.19. The first kappa shape index (κ1) is 16.9. The van der Waals surface area contributed by atoms with Crippen molar-refractivity contribution in [2.45, 2.75) is 19.9 Å². The zero-order valence-corrected chi connectivity index (χ0v) is 13.2. The number of carbonyl (C=O) groups is 1.